The summed E-state index contributed by atoms with van der Waals surface area (Å²) in [7, 11) is 0. The molecule has 0 spiro atoms. The van der Waals surface area contributed by atoms with E-state index in [0.717, 1.165) is 10.4 Å². The van der Waals surface area contributed by atoms with Gasteiger partial charge in [-0.25, -0.2) is 0 Å². The van der Waals surface area contributed by atoms with Gasteiger partial charge in [-0.3, -0.25) is 9.59 Å². The number of fused-ring (bicyclic) bond motifs is 1. The van der Waals surface area contributed by atoms with Crippen molar-refractivity contribution in [3.8, 4) is 0 Å². The molecule has 1 N–H and O–H groups in total. The van der Waals surface area contributed by atoms with Crippen LogP contribution in [0.5, 0.6) is 0 Å². The van der Waals surface area contributed by atoms with Crippen LogP contribution in [0.1, 0.15) is 31.2 Å². The molecule has 0 atom stereocenters. The molecule has 2 amide bonds. The van der Waals surface area contributed by atoms with Crippen LogP contribution < -0.4 is 5.32 Å². The zero-order valence-electron chi connectivity index (χ0n) is 14.6. The third kappa shape index (κ3) is 3.87. The second-order valence-electron chi connectivity index (χ2n) is 6.38. The molecule has 0 saturated carbocycles. The molecule has 1 saturated heterocycles. The molecule has 4 rings (SSSR count). The molecule has 1 fully saturated rings. The number of nitrogens with one attached hydrogen (secondary N) is 1. The average molecular weight is 407 g/mol. The van der Waals surface area contributed by atoms with Gasteiger partial charge in [0.1, 0.15) is 5.00 Å². The Kier molecular flexibility index (Phi) is 5.45. The molecule has 0 radical (unpaired) electrons. The second kappa shape index (κ2) is 7.98. The van der Waals surface area contributed by atoms with Gasteiger partial charge in [-0.15, -0.1) is 11.3 Å². The molecule has 1 aromatic carbocycles. The number of amides is 2. The van der Waals surface area contributed by atoms with Crippen molar-refractivity contribution in [3.05, 3.63) is 50.9 Å². The predicted molar refractivity (Wildman–Crippen MR) is 104 cm³/mol. The first-order chi connectivity index (χ1) is 13.1. The van der Waals surface area contributed by atoms with E-state index < -0.39 is 0 Å². The quantitative estimate of drug-likeness (QED) is 0.849. The summed E-state index contributed by atoms with van der Waals surface area (Å²) in [5, 5.41) is 4.08. The number of ether oxygens (including phenoxy) is 2. The first kappa shape index (κ1) is 18.4. The number of morpholine rings is 1. The van der Waals surface area contributed by atoms with Crippen molar-refractivity contribution in [3.63, 3.8) is 0 Å². The average Bonchev–Trinajstić information content (AvgIpc) is 3.06. The smallest absolute Gasteiger partial charge is 0.257 e. The van der Waals surface area contributed by atoms with E-state index in [1.54, 1.807) is 29.2 Å². The molecule has 0 bridgehead atoms. The topological polar surface area (TPSA) is 67.9 Å². The number of benzene rings is 1. The lowest BCUT2D eigenvalue weighted by molar-refractivity contribution is 0.0302. The van der Waals surface area contributed by atoms with Gasteiger partial charge in [0.15, 0.2) is 0 Å². The van der Waals surface area contributed by atoms with E-state index in [9.17, 15) is 9.59 Å². The van der Waals surface area contributed by atoms with Gasteiger partial charge >= 0.3 is 0 Å². The summed E-state index contributed by atoms with van der Waals surface area (Å²) in [6.45, 7) is 3.24. The fourth-order valence-electron chi connectivity index (χ4n) is 3.25. The maximum absolute atomic E-state index is 13.2. The summed E-state index contributed by atoms with van der Waals surface area (Å²) in [4.78, 5) is 28.6. The maximum atomic E-state index is 13.2. The number of carbonyl (C=O) groups excluding carboxylic acids is 2. The van der Waals surface area contributed by atoms with Crippen LogP contribution in [0, 0.1) is 0 Å². The minimum absolute atomic E-state index is 0.0518. The zero-order chi connectivity index (χ0) is 18.8. The number of hydrogen-bond donors (Lipinski definition) is 1. The van der Waals surface area contributed by atoms with Crippen molar-refractivity contribution < 1.29 is 19.1 Å². The summed E-state index contributed by atoms with van der Waals surface area (Å²) in [5.74, 6) is -0.314. The number of hydrogen-bond acceptors (Lipinski definition) is 5. The fraction of sp³-hybridized carbons (Fsp3) is 0.368. The molecular weight excluding hydrogens is 388 g/mol. The third-order valence-corrected chi connectivity index (χ3v) is 6.04. The highest BCUT2D eigenvalue weighted by molar-refractivity contribution is 7.17. The predicted octanol–water partition coefficient (Wildman–Crippen LogP) is 3.20. The van der Waals surface area contributed by atoms with Crippen molar-refractivity contribution in [1.82, 2.24) is 4.90 Å². The van der Waals surface area contributed by atoms with Gasteiger partial charge in [-0.1, -0.05) is 11.6 Å². The van der Waals surface area contributed by atoms with Gasteiger partial charge in [0.2, 0.25) is 0 Å². The Morgan fingerprint density at radius 2 is 1.81 bits per heavy atom. The molecule has 3 heterocycles. The molecule has 2 aromatic rings. The number of anilines is 1. The molecular formula is C19H19ClN2O4S. The summed E-state index contributed by atoms with van der Waals surface area (Å²) in [5.41, 5.74) is 2.09. The van der Waals surface area contributed by atoms with E-state index in [1.165, 1.54) is 11.3 Å². The Balaban J connectivity index is 1.65. The van der Waals surface area contributed by atoms with Gasteiger partial charge in [0.05, 0.1) is 32.0 Å². The van der Waals surface area contributed by atoms with Gasteiger partial charge in [-0.2, -0.15) is 0 Å². The van der Waals surface area contributed by atoms with Gasteiger partial charge in [0.25, 0.3) is 11.8 Å². The highest BCUT2D eigenvalue weighted by atomic mass is 35.5. The number of rotatable bonds is 3. The normalized spacial score (nSPS) is 16.7. The minimum Gasteiger partial charge on any atom is -0.378 e. The van der Waals surface area contributed by atoms with E-state index in [2.05, 4.69) is 5.32 Å². The van der Waals surface area contributed by atoms with Crippen LogP contribution in [0.2, 0.25) is 5.02 Å². The molecule has 2 aliphatic rings. The van der Waals surface area contributed by atoms with Crippen molar-refractivity contribution in [2.45, 2.75) is 13.0 Å². The Labute approximate surface area is 166 Å². The molecule has 1 aromatic heterocycles. The van der Waals surface area contributed by atoms with Crippen molar-refractivity contribution in [2.75, 3.05) is 38.2 Å². The largest absolute Gasteiger partial charge is 0.378 e. The van der Waals surface area contributed by atoms with E-state index in [0.29, 0.717) is 67.1 Å². The second-order valence-corrected chi connectivity index (χ2v) is 7.92. The lowest BCUT2D eigenvalue weighted by atomic mass is 10.0. The van der Waals surface area contributed by atoms with Gasteiger partial charge in [0, 0.05) is 28.6 Å². The highest BCUT2D eigenvalue weighted by Gasteiger charge is 2.30. The Bertz CT molecular complexity index is 859. The summed E-state index contributed by atoms with van der Waals surface area (Å²) in [6, 6.07) is 6.67. The lowest BCUT2D eigenvalue weighted by Crippen LogP contribution is -2.41. The van der Waals surface area contributed by atoms with E-state index in [1.807, 2.05) is 0 Å². The Morgan fingerprint density at radius 1 is 1.07 bits per heavy atom. The first-order valence-corrected chi connectivity index (χ1v) is 9.99. The molecule has 6 nitrogen and oxygen atoms in total. The highest BCUT2D eigenvalue weighted by Crippen LogP contribution is 2.37. The van der Waals surface area contributed by atoms with Gasteiger partial charge in [-0.05, 0) is 36.2 Å². The van der Waals surface area contributed by atoms with Crippen LogP contribution in [-0.2, 0) is 22.5 Å². The van der Waals surface area contributed by atoms with E-state index >= 15 is 0 Å². The summed E-state index contributed by atoms with van der Waals surface area (Å²) >= 11 is 7.31. The number of halogens is 1. The fourth-order valence-corrected chi connectivity index (χ4v) is 4.55. The van der Waals surface area contributed by atoms with Crippen LogP contribution in [-0.4, -0.2) is 49.6 Å². The van der Waals surface area contributed by atoms with Crippen molar-refractivity contribution in [2.24, 2.45) is 0 Å². The molecule has 0 aliphatic carbocycles. The van der Waals surface area contributed by atoms with Crippen molar-refractivity contribution >= 4 is 39.8 Å². The Hall–Kier alpha value is -1.93. The lowest BCUT2D eigenvalue weighted by Gasteiger charge is -2.27. The monoisotopic (exact) mass is 406 g/mol. The van der Waals surface area contributed by atoms with Crippen LogP contribution in [0.25, 0.3) is 0 Å². The van der Waals surface area contributed by atoms with Crippen LogP contribution in [0.15, 0.2) is 24.3 Å². The molecule has 27 heavy (non-hydrogen) atoms. The van der Waals surface area contributed by atoms with Gasteiger partial charge < -0.3 is 19.7 Å². The molecule has 2 aliphatic heterocycles. The van der Waals surface area contributed by atoms with Crippen LogP contribution in [0.3, 0.4) is 0 Å². The number of nitrogens with zero attached hydrogens (tertiary/aromatic N) is 1. The van der Waals surface area contributed by atoms with Crippen LogP contribution in [0.4, 0.5) is 5.00 Å². The maximum Gasteiger partial charge on any atom is 0.257 e. The summed E-state index contributed by atoms with van der Waals surface area (Å²) in [6.07, 6.45) is 0.675. The zero-order valence-corrected chi connectivity index (χ0v) is 16.2. The van der Waals surface area contributed by atoms with Crippen LogP contribution >= 0.6 is 22.9 Å². The standard InChI is InChI=1S/C19H19ClN2O4S/c20-13-3-1-12(2-4-13)17(23)21-18-16(14-5-8-26-11-15(14)27-18)19(24)22-6-9-25-10-7-22/h1-4H,5-11H2,(H,21,23). The molecule has 8 heteroatoms. The number of carbonyl (C=O) groups is 2. The van der Waals surface area contributed by atoms with E-state index in [4.69, 9.17) is 21.1 Å². The van der Waals surface area contributed by atoms with E-state index in [-0.39, 0.29) is 11.8 Å². The summed E-state index contributed by atoms with van der Waals surface area (Å²) < 4.78 is 10.9. The molecule has 0 unspecified atom stereocenters. The third-order valence-electron chi connectivity index (χ3n) is 4.67. The van der Waals surface area contributed by atoms with Crippen molar-refractivity contribution in [1.29, 1.82) is 0 Å². The number of thiophene rings is 1. The first-order valence-electron chi connectivity index (χ1n) is 8.79. The molecule has 142 valence electrons. The Morgan fingerprint density at radius 3 is 2.56 bits per heavy atom. The minimum atomic E-state index is -0.262. The SMILES string of the molecule is O=C(Nc1sc2c(c1C(=O)N1CCOCC1)CCOC2)c1ccc(Cl)cc1.